The van der Waals surface area contributed by atoms with Crippen molar-refractivity contribution in [3.8, 4) is 22.6 Å². The van der Waals surface area contributed by atoms with Gasteiger partial charge in [-0.15, -0.1) is 15.0 Å². The van der Waals surface area contributed by atoms with Crippen LogP contribution in [0.4, 0.5) is 19.3 Å². The van der Waals surface area contributed by atoms with E-state index in [9.17, 15) is 30.4 Å². The van der Waals surface area contributed by atoms with Crippen LogP contribution in [0.25, 0.3) is 11.1 Å². The molecule has 2 amide bonds. The Bertz CT molecular complexity index is 1560. The van der Waals surface area contributed by atoms with Crippen molar-refractivity contribution in [2.24, 2.45) is 0 Å². The van der Waals surface area contributed by atoms with E-state index in [-0.39, 0.29) is 20.7 Å². The Labute approximate surface area is 230 Å². The van der Waals surface area contributed by atoms with Gasteiger partial charge < -0.3 is 14.8 Å². The topological polar surface area (TPSA) is 119 Å². The number of hydrogen-bond donors (Lipinski definition) is 1. The highest BCUT2D eigenvalue weighted by atomic mass is 79.9. The van der Waals surface area contributed by atoms with Crippen LogP contribution < -0.4 is 14.8 Å². The van der Waals surface area contributed by atoms with Crippen LogP contribution in [0.15, 0.2) is 52.3 Å². The molecule has 204 valence electrons. The Morgan fingerprint density at radius 3 is 2.37 bits per heavy atom. The number of carbonyl (C=O) groups excluding carboxylic acids is 1. The van der Waals surface area contributed by atoms with Crippen LogP contribution in [0.3, 0.4) is 0 Å². The van der Waals surface area contributed by atoms with Crippen molar-refractivity contribution in [1.82, 2.24) is 3.71 Å². The number of amides is 2. The van der Waals surface area contributed by atoms with Crippen LogP contribution in [0.5, 0.6) is 11.5 Å². The van der Waals surface area contributed by atoms with E-state index in [0.717, 1.165) is 8.66 Å². The Balaban J connectivity index is 1.82. The molecule has 0 aliphatic carbocycles. The summed E-state index contributed by atoms with van der Waals surface area (Å²) in [7, 11) is -8.91. The summed E-state index contributed by atoms with van der Waals surface area (Å²) in [6.45, 7) is -0.643. The third-order valence-corrected chi connectivity index (χ3v) is 11.4. The minimum atomic E-state index is -4.46. The SMILES string of the molecule is CCS(=O)(=O)N(C(=O)Nc1ccc2c(c1)C(c1ccc(Br)s1)Oc1cccc(OC(F)F)c1-2)S(=O)(=O)CC. The van der Waals surface area contributed by atoms with Gasteiger partial charge in [0.2, 0.25) is 0 Å². The fourth-order valence-corrected chi connectivity index (χ4v) is 8.41. The molecule has 1 unspecified atom stereocenters. The molecular weight excluding hydrogens is 630 g/mol. The Hall–Kier alpha value is -2.75. The first kappa shape index (κ1) is 28.3. The Morgan fingerprint density at radius 1 is 1.11 bits per heavy atom. The number of carbonyl (C=O) groups is 1. The molecule has 1 N–H and O–H groups in total. The quantitative estimate of drug-likeness (QED) is 0.327. The summed E-state index contributed by atoms with van der Waals surface area (Å²) in [6.07, 6.45) is -0.720. The van der Waals surface area contributed by atoms with Crippen molar-refractivity contribution in [1.29, 1.82) is 0 Å². The Kier molecular flexibility index (Phi) is 8.02. The summed E-state index contributed by atoms with van der Waals surface area (Å²) in [4.78, 5) is 13.7. The van der Waals surface area contributed by atoms with Gasteiger partial charge in [-0.2, -0.15) is 8.78 Å². The predicted molar refractivity (Wildman–Crippen MR) is 143 cm³/mol. The van der Waals surface area contributed by atoms with Crippen molar-refractivity contribution in [3.05, 3.63) is 62.8 Å². The van der Waals surface area contributed by atoms with E-state index in [0.29, 0.717) is 16.9 Å². The van der Waals surface area contributed by atoms with Gasteiger partial charge in [-0.05, 0) is 71.7 Å². The zero-order valence-electron chi connectivity index (χ0n) is 19.9. The summed E-state index contributed by atoms with van der Waals surface area (Å²) < 4.78 is 87.7. The number of nitrogens with one attached hydrogen (secondary N) is 1. The zero-order chi connectivity index (χ0) is 27.8. The number of urea groups is 1. The lowest BCUT2D eigenvalue weighted by Gasteiger charge is -2.30. The lowest BCUT2D eigenvalue weighted by molar-refractivity contribution is -0.0496. The highest BCUT2D eigenvalue weighted by Gasteiger charge is 2.37. The number of benzene rings is 2. The van der Waals surface area contributed by atoms with Gasteiger partial charge in [0.25, 0.3) is 20.0 Å². The van der Waals surface area contributed by atoms with Crippen molar-refractivity contribution in [3.63, 3.8) is 0 Å². The molecule has 9 nitrogen and oxygen atoms in total. The molecule has 0 saturated heterocycles. The van der Waals surface area contributed by atoms with Crippen LogP contribution >= 0.6 is 27.3 Å². The van der Waals surface area contributed by atoms with Gasteiger partial charge in [-0.1, -0.05) is 12.1 Å². The maximum Gasteiger partial charge on any atom is 0.387 e. The van der Waals surface area contributed by atoms with Gasteiger partial charge in [0, 0.05) is 11.3 Å². The molecule has 2 aromatic carbocycles. The molecule has 2 heterocycles. The summed E-state index contributed by atoms with van der Waals surface area (Å²) in [5.41, 5.74) is 1.28. The van der Waals surface area contributed by atoms with Gasteiger partial charge in [-0.25, -0.2) is 21.6 Å². The number of rotatable bonds is 8. The van der Waals surface area contributed by atoms with Gasteiger partial charge in [-0.3, -0.25) is 0 Å². The molecule has 1 aliphatic rings. The number of halogens is 3. The fourth-order valence-electron chi connectivity index (χ4n) is 3.85. The third-order valence-electron chi connectivity index (χ3n) is 5.56. The number of alkyl halides is 2. The second kappa shape index (κ2) is 10.8. The molecule has 3 aromatic rings. The largest absolute Gasteiger partial charge is 0.479 e. The summed E-state index contributed by atoms with van der Waals surface area (Å²) >= 11 is 4.78. The van der Waals surface area contributed by atoms with Crippen LogP contribution in [-0.2, 0) is 20.0 Å². The average Bonchev–Trinajstić information content (AvgIpc) is 3.28. The zero-order valence-corrected chi connectivity index (χ0v) is 23.9. The van der Waals surface area contributed by atoms with E-state index < -0.39 is 50.3 Å². The van der Waals surface area contributed by atoms with Gasteiger partial charge in [0.15, 0.2) is 6.10 Å². The van der Waals surface area contributed by atoms with E-state index in [1.807, 2.05) is 12.1 Å². The number of sulfonamides is 2. The minimum Gasteiger partial charge on any atom is -0.479 e. The number of anilines is 1. The van der Waals surface area contributed by atoms with E-state index >= 15 is 0 Å². The lowest BCUT2D eigenvalue weighted by atomic mass is 9.91. The van der Waals surface area contributed by atoms with Crippen molar-refractivity contribution in [2.75, 3.05) is 16.8 Å². The normalized spacial score (nSPS) is 14.8. The van der Waals surface area contributed by atoms with Crippen LogP contribution in [0, 0.1) is 0 Å². The van der Waals surface area contributed by atoms with Gasteiger partial charge in [0.05, 0.1) is 25.7 Å². The minimum absolute atomic E-state index is 0.0660. The van der Waals surface area contributed by atoms with Crippen molar-refractivity contribution >= 4 is 59.0 Å². The summed E-state index contributed by atoms with van der Waals surface area (Å²) in [5.74, 6) is -1.04. The lowest BCUT2D eigenvalue weighted by Crippen LogP contribution is -2.45. The number of ether oxygens (including phenoxy) is 2. The number of thiophene rings is 1. The molecule has 1 aromatic heterocycles. The van der Waals surface area contributed by atoms with Gasteiger partial charge >= 0.3 is 12.6 Å². The standard InChI is InChI=1S/C23H21BrF2N2O7S3/c1-3-37(30,31)28(38(32,33)4-2)23(29)27-13-8-9-14-15(12-13)21(18-10-11-19(24)36-18)34-16-6-5-7-17(20(14)16)35-22(25)26/h5-12,21-22H,3-4H2,1-2H3,(H,27,29). The predicted octanol–water partition coefficient (Wildman–Crippen LogP) is 5.79. The Morgan fingerprint density at radius 2 is 1.79 bits per heavy atom. The van der Waals surface area contributed by atoms with Gasteiger partial charge in [0.1, 0.15) is 11.5 Å². The maximum atomic E-state index is 13.1. The van der Waals surface area contributed by atoms with Crippen molar-refractivity contribution in [2.45, 2.75) is 26.6 Å². The first-order valence-electron chi connectivity index (χ1n) is 11.1. The molecular formula is C23H21BrF2N2O7S3. The molecule has 1 atom stereocenters. The fraction of sp³-hybridized carbons (Fsp3) is 0.261. The molecule has 0 fully saturated rings. The smallest absolute Gasteiger partial charge is 0.387 e. The number of hydrogen-bond acceptors (Lipinski definition) is 8. The molecule has 15 heteroatoms. The summed E-state index contributed by atoms with van der Waals surface area (Å²) in [5, 5.41) is 2.34. The van der Waals surface area contributed by atoms with E-state index in [1.54, 1.807) is 6.07 Å². The van der Waals surface area contributed by atoms with Crippen LogP contribution in [-0.4, -0.2) is 44.7 Å². The second-order valence-corrected chi connectivity index (χ2v) is 14.8. The molecule has 0 bridgehead atoms. The van der Waals surface area contributed by atoms with Crippen LogP contribution in [0.1, 0.15) is 30.4 Å². The average molecular weight is 652 g/mol. The molecule has 4 rings (SSSR count). The highest BCUT2D eigenvalue weighted by molar-refractivity contribution is 9.11. The number of fused-ring (bicyclic) bond motifs is 3. The third kappa shape index (κ3) is 5.51. The molecule has 38 heavy (non-hydrogen) atoms. The first-order valence-corrected chi connectivity index (χ1v) is 15.9. The van der Waals surface area contributed by atoms with Crippen molar-refractivity contribution < 1.29 is 39.9 Å². The highest BCUT2D eigenvalue weighted by Crippen LogP contribution is 2.50. The first-order chi connectivity index (χ1) is 17.9. The number of nitrogens with zero attached hydrogens (tertiary/aromatic N) is 1. The maximum absolute atomic E-state index is 13.1. The van der Waals surface area contributed by atoms with E-state index in [4.69, 9.17) is 9.47 Å². The molecule has 0 radical (unpaired) electrons. The second-order valence-electron chi connectivity index (χ2n) is 7.88. The molecule has 0 saturated carbocycles. The van der Waals surface area contributed by atoms with E-state index in [1.165, 1.54) is 55.5 Å². The monoisotopic (exact) mass is 650 g/mol. The van der Waals surface area contributed by atoms with E-state index in [2.05, 4.69) is 21.2 Å². The molecule has 1 aliphatic heterocycles. The van der Waals surface area contributed by atoms with Crippen LogP contribution in [0.2, 0.25) is 0 Å². The summed E-state index contributed by atoms with van der Waals surface area (Å²) in [6, 6.07) is 11.2. The molecule has 0 spiro atoms.